The van der Waals surface area contributed by atoms with Crippen molar-refractivity contribution in [1.82, 2.24) is 24.5 Å². The van der Waals surface area contributed by atoms with E-state index >= 15 is 0 Å². The number of hydrogen-bond acceptors (Lipinski definition) is 4. The van der Waals surface area contributed by atoms with E-state index in [4.69, 9.17) is 0 Å². The topological polar surface area (TPSA) is 63.4 Å². The van der Waals surface area contributed by atoms with Crippen LogP contribution in [0.1, 0.15) is 45.7 Å². The second-order valence-corrected chi connectivity index (χ2v) is 7.11. The summed E-state index contributed by atoms with van der Waals surface area (Å²) >= 11 is 0. The van der Waals surface area contributed by atoms with Gasteiger partial charge in [-0.05, 0) is 50.1 Å². The Labute approximate surface area is 160 Å². The van der Waals surface area contributed by atoms with Crippen molar-refractivity contribution in [1.29, 1.82) is 0 Å². The largest absolute Gasteiger partial charge is 0.335 e. The van der Waals surface area contributed by atoms with Crippen LogP contribution in [0, 0.1) is 13.8 Å². The number of carbonyl (C=O) groups excluding carboxylic acids is 1. The molecule has 3 aromatic rings. The van der Waals surface area contributed by atoms with Crippen molar-refractivity contribution in [2.75, 3.05) is 7.05 Å². The third-order valence-corrected chi connectivity index (χ3v) is 4.81. The zero-order chi connectivity index (χ0) is 20.0. The molecule has 1 atom stereocenters. The quantitative estimate of drug-likeness (QED) is 0.691. The van der Waals surface area contributed by atoms with E-state index < -0.39 is 6.43 Å². The first-order chi connectivity index (χ1) is 13.3. The Bertz CT molecular complexity index is 1080. The summed E-state index contributed by atoms with van der Waals surface area (Å²) in [6, 6.07) is 7.01. The minimum Gasteiger partial charge on any atom is -0.335 e. The van der Waals surface area contributed by atoms with E-state index in [1.807, 2.05) is 32.0 Å². The fourth-order valence-electron chi connectivity index (χ4n) is 3.41. The summed E-state index contributed by atoms with van der Waals surface area (Å²) < 4.78 is 27.6. The van der Waals surface area contributed by atoms with Gasteiger partial charge in [0.1, 0.15) is 12.0 Å². The summed E-state index contributed by atoms with van der Waals surface area (Å²) in [4.78, 5) is 22.2. The highest BCUT2D eigenvalue weighted by Gasteiger charge is 2.36. The maximum atomic E-state index is 13.1. The second kappa shape index (κ2) is 6.78. The van der Waals surface area contributed by atoms with Crippen molar-refractivity contribution in [2.45, 2.75) is 32.7 Å². The number of likely N-dealkylation sites (N-methyl/N-ethyl adjacent to an activating group) is 1. The standard InChI is InChI=1S/C20H19F2N5O/c1-11-4-12(2)6-14(5-11)19(28)26(3)17-8-13(17)7-15-9-16(18(21)22)25-20-23-10-24-27(15)20/h4-7,9-10,17-18H,8H2,1-3H3/b13-7-/t17-/m1/s1. The molecule has 2 aromatic heterocycles. The molecule has 0 spiro atoms. The summed E-state index contributed by atoms with van der Waals surface area (Å²) in [6.45, 7) is 3.92. The molecule has 0 saturated heterocycles. The number of amides is 1. The molecule has 28 heavy (non-hydrogen) atoms. The summed E-state index contributed by atoms with van der Waals surface area (Å²) in [6.07, 6.45) is 1.06. The van der Waals surface area contributed by atoms with Gasteiger partial charge in [0.25, 0.3) is 18.1 Å². The van der Waals surface area contributed by atoms with Crippen molar-refractivity contribution in [3.63, 3.8) is 0 Å². The predicted molar refractivity (Wildman–Crippen MR) is 100 cm³/mol. The molecule has 0 N–H and O–H groups in total. The van der Waals surface area contributed by atoms with E-state index in [1.54, 1.807) is 18.0 Å². The van der Waals surface area contributed by atoms with Crippen LogP contribution in [0.4, 0.5) is 8.78 Å². The van der Waals surface area contributed by atoms with E-state index in [-0.39, 0.29) is 23.4 Å². The number of aromatic nitrogens is 4. The molecular formula is C20H19F2N5O. The highest BCUT2D eigenvalue weighted by Crippen LogP contribution is 2.37. The normalized spacial score (nSPS) is 17.5. The number of alkyl halides is 2. The van der Waals surface area contributed by atoms with Crippen LogP contribution in [0.3, 0.4) is 0 Å². The number of rotatable bonds is 4. The van der Waals surface area contributed by atoms with Crippen LogP contribution >= 0.6 is 0 Å². The van der Waals surface area contributed by atoms with Gasteiger partial charge in [0.05, 0.1) is 11.7 Å². The molecule has 0 aliphatic heterocycles. The average molecular weight is 383 g/mol. The number of benzene rings is 1. The first-order valence-electron chi connectivity index (χ1n) is 8.88. The average Bonchev–Trinajstić information content (AvgIpc) is 3.22. The van der Waals surface area contributed by atoms with Crippen molar-refractivity contribution >= 4 is 17.8 Å². The van der Waals surface area contributed by atoms with Crippen LogP contribution < -0.4 is 0 Å². The minimum absolute atomic E-state index is 0.0601. The van der Waals surface area contributed by atoms with Crippen LogP contribution in [0.25, 0.3) is 11.9 Å². The third-order valence-electron chi connectivity index (χ3n) is 4.81. The third kappa shape index (κ3) is 3.37. The van der Waals surface area contributed by atoms with Crippen molar-refractivity contribution in [2.24, 2.45) is 0 Å². The molecule has 0 unspecified atom stereocenters. The van der Waals surface area contributed by atoms with Gasteiger partial charge in [-0.1, -0.05) is 17.2 Å². The van der Waals surface area contributed by atoms with Crippen molar-refractivity contribution in [3.8, 4) is 0 Å². The van der Waals surface area contributed by atoms with Gasteiger partial charge in [-0.2, -0.15) is 14.6 Å². The molecule has 1 aromatic carbocycles. The second-order valence-electron chi connectivity index (χ2n) is 7.11. The highest BCUT2D eigenvalue weighted by molar-refractivity contribution is 5.95. The Kier molecular flexibility index (Phi) is 4.41. The van der Waals surface area contributed by atoms with Crippen LogP contribution in [0.15, 0.2) is 36.2 Å². The van der Waals surface area contributed by atoms with Crippen LogP contribution in [0.5, 0.6) is 0 Å². The van der Waals surface area contributed by atoms with E-state index in [0.29, 0.717) is 17.7 Å². The molecule has 0 radical (unpaired) electrons. The smallest absolute Gasteiger partial charge is 0.280 e. The van der Waals surface area contributed by atoms with Gasteiger partial charge < -0.3 is 4.90 Å². The van der Waals surface area contributed by atoms with Gasteiger partial charge in [-0.25, -0.2) is 13.8 Å². The Balaban J connectivity index is 1.60. The summed E-state index contributed by atoms with van der Waals surface area (Å²) in [7, 11) is 1.76. The number of halogens is 2. The Morgan fingerprint density at radius 3 is 2.64 bits per heavy atom. The van der Waals surface area contributed by atoms with E-state index in [2.05, 4.69) is 15.1 Å². The molecule has 1 fully saturated rings. The zero-order valence-corrected chi connectivity index (χ0v) is 15.7. The molecular weight excluding hydrogens is 364 g/mol. The van der Waals surface area contributed by atoms with E-state index in [1.165, 1.54) is 16.9 Å². The SMILES string of the molecule is Cc1cc(C)cc(C(=O)N(C)[C@@H]2C/C2=C/c2cc(C(F)F)nc3ncnn23)c1. The Morgan fingerprint density at radius 1 is 1.25 bits per heavy atom. The van der Waals surface area contributed by atoms with Gasteiger partial charge in [0.15, 0.2) is 0 Å². The van der Waals surface area contributed by atoms with E-state index in [0.717, 1.165) is 16.7 Å². The molecule has 1 aliphatic rings. The first-order valence-corrected chi connectivity index (χ1v) is 8.88. The molecule has 144 valence electrons. The van der Waals surface area contributed by atoms with E-state index in [9.17, 15) is 13.6 Å². The molecule has 1 saturated carbocycles. The number of aryl methyl sites for hydroxylation is 2. The molecule has 1 aliphatic carbocycles. The van der Waals surface area contributed by atoms with Gasteiger partial charge in [-0.15, -0.1) is 0 Å². The lowest BCUT2D eigenvalue weighted by Crippen LogP contribution is -2.29. The highest BCUT2D eigenvalue weighted by atomic mass is 19.3. The fourth-order valence-corrected chi connectivity index (χ4v) is 3.41. The lowest BCUT2D eigenvalue weighted by Gasteiger charge is -2.17. The van der Waals surface area contributed by atoms with Gasteiger partial charge >= 0.3 is 0 Å². The lowest BCUT2D eigenvalue weighted by molar-refractivity contribution is 0.0790. The summed E-state index contributed by atoms with van der Waals surface area (Å²) in [5, 5.41) is 4.04. The molecule has 1 amide bonds. The molecule has 8 heteroatoms. The van der Waals surface area contributed by atoms with Gasteiger partial charge in [0.2, 0.25) is 0 Å². The fraction of sp³-hybridized carbons (Fsp3) is 0.300. The molecule has 2 heterocycles. The number of carbonyl (C=O) groups is 1. The Hall–Kier alpha value is -3.16. The minimum atomic E-state index is -2.69. The molecule has 4 rings (SSSR count). The number of nitrogens with zero attached hydrogens (tertiary/aromatic N) is 5. The van der Waals surface area contributed by atoms with Crippen molar-refractivity contribution < 1.29 is 13.6 Å². The molecule has 6 nitrogen and oxygen atoms in total. The maximum Gasteiger partial charge on any atom is 0.280 e. The van der Waals surface area contributed by atoms with Crippen LogP contribution in [-0.2, 0) is 0 Å². The number of fused-ring (bicyclic) bond motifs is 1. The van der Waals surface area contributed by atoms with Crippen molar-refractivity contribution in [3.05, 3.63) is 64.2 Å². The maximum absolute atomic E-state index is 13.1. The predicted octanol–water partition coefficient (Wildman–Crippen LogP) is 3.61. The van der Waals surface area contributed by atoms with Crippen LogP contribution in [0.2, 0.25) is 0 Å². The summed E-state index contributed by atoms with van der Waals surface area (Å²) in [5.74, 6) is 0.0654. The first kappa shape index (κ1) is 18.2. The summed E-state index contributed by atoms with van der Waals surface area (Å²) in [5.41, 5.74) is 3.82. The van der Waals surface area contributed by atoms with Gasteiger partial charge in [0, 0.05) is 12.6 Å². The monoisotopic (exact) mass is 383 g/mol. The number of hydrogen-bond donors (Lipinski definition) is 0. The Morgan fingerprint density at radius 2 is 1.96 bits per heavy atom. The molecule has 0 bridgehead atoms. The van der Waals surface area contributed by atoms with Gasteiger partial charge in [-0.3, -0.25) is 4.79 Å². The van der Waals surface area contributed by atoms with Crippen LogP contribution in [-0.4, -0.2) is 43.5 Å². The lowest BCUT2D eigenvalue weighted by atomic mass is 10.1. The zero-order valence-electron chi connectivity index (χ0n) is 15.7.